The van der Waals surface area contributed by atoms with Gasteiger partial charge in [-0.1, -0.05) is 36.4 Å². The molecule has 0 bridgehead atoms. The molecular formula is C19H24N2O4S. The molecule has 0 aliphatic carbocycles. The molecule has 26 heavy (non-hydrogen) atoms. The number of benzene rings is 2. The zero-order chi connectivity index (χ0) is 19.0. The van der Waals surface area contributed by atoms with Crippen LogP contribution >= 0.6 is 0 Å². The maximum Gasteiger partial charge on any atom is 0.238 e. The quantitative estimate of drug-likeness (QED) is 0.700. The maximum absolute atomic E-state index is 12.0. The van der Waals surface area contributed by atoms with Crippen LogP contribution in [-0.2, 0) is 39.1 Å². The third-order valence-electron chi connectivity index (χ3n) is 3.88. The molecule has 3 N–H and O–H groups in total. The molecule has 6 nitrogen and oxygen atoms in total. The number of nitrogens with one attached hydrogen (secondary N) is 1. The molecule has 7 heteroatoms. The van der Waals surface area contributed by atoms with E-state index in [1.54, 1.807) is 12.1 Å². The first-order valence-electron chi connectivity index (χ1n) is 8.42. The number of aryl methyl sites for hydroxylation is 1. The summed E-state index contributed by atoms with van der Waals surface area (Å²) in [4.78, 5) is 12.0. The van der Waals surface area contributed by atoms with Gasteiger partial charge in [0.15, 0.2) is 0 Å². The topological polar surface area (TPSA) is 98.5 Å². The fraction of sp³-hybridized carbons (Fsp3) is 0.316. The summed E-state index contributed by atoms with van der Waals surface area (Å²) < 4.78 is 27.8. The molecule has 1 amide bonds. The average molecular weight is 376 g/mol. The lowest BCUT2D eigenvalue weighted by Gasteiger charge is -2.07. The number of rotatable bonds is 9. The van der Waals surface area contributed by atoms with Gasteiger partial charge in [0.05, 0.1) is 11.5 Å². The molecule has 0 saturated heterocycles. The van der Waals surface area contributed by atoms with Crippen molar-refractivity contribution in [2.24, 2.45) is 5.14 Å². The van der Waals surface area contributed by atoms with Gasteiger partial charge in [-0.25, -0.2) is 13.6 Å². The Bertz CT molecular complexity index is 816. The van der Waals surface area contributed by atoms with Crippen molar-refractivity contribution in [2.45, 2.75) is 37.8 Å². The number of nitrogens with two attached hydrogens (primary N) is 1. The van der Waals surface area contributed by atoms with Crippen molar-refractivity contribution in [1.82, 2.24) is 5.32 Å². The Hall–Kier alpha value is -2.22. The van der Waals surface area contributed by atoms with Crippen molar-refractivity contribution >= 4 is 15.9 Å². The Labute approximate surface area is 154 Å². The van der Waals surface area contributed by atoms with E-state index < -0.39 is 10.0 Å². The lowest BCUT2D eigenvalue weighted by molar-refractivity contribution is -0.121. The molecule has 2 rings (SSSR count). The fourth-order valence-corrected chi connectivity index (χ4v) is 2.88. The monoisotopic (exact) mass is 376 g/mol. The third kappa shape index (κ3) is 6.59. The number of hydrogen-bond acceptors (Lipinski definition) is 4. The van der Waals surface area contributed by atoms with Crippen LogP contribution in [0.1, 0.15) is 30.0 Å². The highest BCUT2D eigenvalue weighted by atomic mass is 32.2. The van der Waals surface area contributed by atoms with Gasteiger partial charge < -0.3 is 10.1 Å². The lowest BCUT2D eigenvalue weighted by atomic mass is 10.1. The molecule has 0 saturated carbocycles. The number of amides is 1. The first kappa shape index (κ1) is 20.1. The Morgan fingerprint density at radius 3 is 2.15 bits per heavy atom. The van der Waals surface area contributed by atoms with Crippen molar-refractivity contribution < 1.29 is 17.9 Å². The second-order valence-electron chi connectivity index (χ2n) is 5.92. The third-order valence-corrected chi connectivity index (χ3v) is 4.81. The minimum atomic E-state index is -3.69. The highest BCUT2D eigenvalue weighted by Crippen LogP contribution is 2.10. The standard InChI is InChI=1S/C19H24N2O4S/c1-2-25-14-17-5-3-16(4-6-17)13-21-19(22)12-9-15-7-10-18(11-8-15)26(20,23)24/h3-8,10-11H,2,9,12-14H2,1H3,(H,21,22)(H2,20,23,24). The van der Waals surface area contributed by atoms with Crippen LogP contribution in [0.4, 0.5) is 0 Å². The van der Waals surface area contributed by atoms with E-state index in [-0.39, 0.29) is 10.8 Å². The van der Waals surface area contributed by atoms with Crippen molar-refractivity contribution in [3.8, 4) is 0 Å². The van der Waals surface area contributed by atoms with E-state index in [4.69, 9.17) is 9.88 Å². The average Bonchev–Trinajstić information content (AvgIpc) is 2.63. The Kier molecular flexibility index (Phi) is 7.32. The SMILES string of the molecule is CCOCc1ccc(CNC(=O)CCc2ccc(S(N)(=O)=O)cc2)cc1. The van der Waals surface area contributed by atoms with Crippen molar-refractivity contribution in [3.05, 3.63) is 65.2 Å². The van der Waals surface area contributed by atoms with Gasteiger partial charge in [-0.05, 0) is 42.2 Å². The molecule has 0 spiro atoms. The Balaban J connectivity index is 1.76. The molecule has 0 aromatic heterocycles. The number of ether oxygens (including phenoxy) is 1. The second-order valence-corrected chi connectivity index (χ2v) is 7.48. The summed E-state index contributed by atoms with van der Waals surface area (Å²) in [6, 6.07) is 14.2. The van der Waals surface area contributed by atoms with Gasteiger partial charge in [-0.15, -0.1) is 0 Å². The first-order valence-corrected chi connectivity index (χ1v) is 9.97. The molecular weight excluding hydrogens is 352 g/mol. The molecule has 0 heterocycles. The summed E-state index contributed by atoms with van der Waals surface area (Å²) in [5.41, 5.74) is 3.01. The van der Waals surface area contributed by atoms with E-state index in [9.17, 15) is 13.2 Å². The maximum atomic E-state index is 12.0. The van der Waals surface area contributed by atoms with Crippen LogP contribution < -0.4 is 10.5 Å². The zero-order valence-corrected chi connectivity index (χ0v) is 15.6. The van der Waals surface area contributed by atoms with Crippen LogP contribution in [0.15, 0.2) is 53.4 Å². The van der Waals surface area contributed by atoms with Gasteiger partial charge in [-0.3, -0.25) is 4.79 Å². The van der Waals surface area contributed by atoms with Crippen LogP contribution in [0.2, 0.25) is 0 Å². The zero-order valence-electron chi connectivity index (χ0n) is 14.8. The van der Waals surface area contributed by atoms with Gasteiger partial charge in [-0.2, -0.15) is 0 Å². The minimum Gasteiger partial charge on any atom is -0.377 e. The van der Waals surface area contributed by atoms with E-state index in [1.165, 1.54) is 12.1 Å². The lowest BCUT2D eigenvalue weighted by Crippen LogP contribution is -2.23. The first-order chi connectivity index (χ1) is 12.4. The number of hydrogen-bond donors (Lipinski definition) is 2. The second kappa shape index (κ2) is 9.47. The minimum absolute atomic E-state index is 0.0566. The number of primary sulfonamides is 1. The summed E-state index contributed by atoms with van der Waals surface area (Å²) >= 11 is 0. The van der Waals surface area contributed by atoms with E-state index >= 15 is 0 Å². The highest BCUT2D eigenvalue weighted by Gasteiger charge is 2.08. The van der Waals surface area contributed by atoms with Gasteiger partial charge in [0.25, 0.3) is 0 Å². The summed E-state index contributed by atoms with van der Waals surface area (Å²) in [5.74, 6) is -0.0566. The van der Waals surface area contributed by atoms with Gasteiger partial charge >= 0.3 is 0 Å². The van der Waals surface area contributed by atoms with E-state index in [0.29, 0.717) is 32.6 Å². The van der Waals surface area contributed by atoms with Crippen LogP contribution in [0.3, 0.4) is 0 Å². The smallest absolute Gasteiger partial charge is 0.238 e. The number of carbonyl (C=O) groups excluding carboxylic acids is 1. The predicted molar refractivity (Wildman–Crippen MR) is 99.8 cm³/mol. The molecule has 0 radical (unpaired) electrons. The fourth-order valence-electron chi connectivity index (χ4n) is 2.37. The predicted octanol–water partition coefficient (Wildman–Crippen LogP) is 2.12. The number of sulfonamides is 1. The van der Waals surface area contributed by atoms with E-state index in [2.05, 4.69) is 5.32 Å². The molecule has 140 valence electrons. The van der Waals surface area contributed by atoms with Crippen LogP contribution in [0.25, 0.3) is 0 Å². The van der Waals surface area contributed by atoms with Crippen LogP contribution in [0, 0.1) is 0 Å². The van der Waals surface area contributed by atoms with Crippen LogP contribution in [0.5, 0.6) is 0 Å². The molecule has 0 aliphatic heterocycles. The molecule has 0 fully saturated rings. The van der Waals surface area contributed by atoms with Crippen molar-refractivity contribution in [2.75, 3.05) is 6.61 Å². The molecule has 2 aromatic carbocycles. The normalized spacial score (nSPS) is 11.3. The molecule has 0 atom stereocenters. The summed E-state index contributed by atoms with van der Waals surface area (Å²) in [5, 5.41) is 7.94. The Morgan fingerprint density at radius 2 is 1.58 bits per heavy atom. The van der Waals surface area contributed by atoms with Crippen LogP contribution in [-0.4, -0.2) is 20.9 Å². The van der Waals surface area contributed by atoms with Gasteiger partial charge in [0.1, 0.15) is 0 Å². The van der Waals surface area contributed by atoms with E-state index in [1.807, 2.05) is 31.2 Å². The van der Waals surface area contributed by atoms with Gasteiger partial charge in [0, 0.05) is 19.6 Å². The molecule has 0 unspecified atom stereocenters. The van der Waals surface area contributed by atoms with Crippen molar-refractivity contribution in [1.29, 1.82) is 0 Å². The summed E-state index contributed by atoms with van der Waals surface area (Å²) in [6.45, 7) is 3.70. The highest BCUT2D eigenvalue weighted by molar-refractivity contribution is 7.89. The number of carbonyl (C=O) groups is 1. The Morgan fingerprint density at radius 1 is 1.00 bits per heavy atom. The molecule has 0 aliphatic rings. The molecule has 2 aromatic rings. The van der Waals surface area contributed by atoms with Crippen molar-refractivity contribution in [3.63, 3.8) is 0 Å². The largest absolute Gasteiger partial charge is 0.377 e. The summed E-state index contributed by atoms with van der Waals surface area (Å²) in [7, 11) is -3.69. The van der Waals surface area contributed by atoms with E-state index in [0.717, 1.165) is 16.7 Å². The summed E-state index contributed by atoms with van der Waals surface area (Å²) in [6.07, 6.45) is 0.862. The van der Waals surface area contributed by atoms with Gasteiger partial charge in [0.2, 0.25) is 15.9 Å².